The molecule has 2 aliphatic heterocycles. The molecule has 2 aliphatic rings. The molecule has 1 aromatic carbocycles. The van der Waals surface area contributed by atoms with Gasteiger partial charge < -0.3 is 19.9 Å². The summed E-state index contributed by atoms with van der Waals surface area (Å²) in [6.45, 7) is 4.83. The number of amides is 4. The first-order chi connectivity index (χ1) is 15.1. The summed E-state index contributed by atoms with van der Waals surface area (Å²) >= 11 is 0. The Morgan fingerprint density at radius 1 is 1.22 bits per heavy atom. The molecule has 1 aromatic rings. The van der Waals surface area contributed by atoms with E-state index in [4.69, 9.17) is 4.74 Å². The lowest BCUT2D eigenvalue weighted by Crippen LogP contribution is -2.67. The Balaban J connectivity index is 1.78. The van der Waals surface area contributed by atoms with E-state index in [9.17, 15) is 24.0 Å². The number of para-hydroxylation sites is 1. The maximum Gasteiger partial charge on any atom is 0.354 e. The summed E-state index contributed by atoms with van der Waals surface area (Å²) in [7, 11) is 1.45. The van der Waals surface area contributed by atoms with Crippen LogP contribution in [-0.4, -0.2) is 77.8 Å². The number of hydrogen-bond acceptors (Lipinski definition) is 6. The molecule has 1 saturated heterocycles. The van der Waals surface area contributed by atoms with Gasteiger partial charge in [0, 0.05) is 32.5 Å². The van der Waals surface area contributed by atoms with Crippen LogP contribution in [0.4, 0.5) is 5.69 Å². The molecule has 10 heteroatoms. The average molecular weight is 444 g/mol. The normalized spacial score (nSPS) is 19.5. The van der Waals surface area contributed by atoms with Crippen molar-refractivity contribution in [2.24, 2.45) is 0 Å². The molecule has 0 spiro atoms. The van der Waals surface area contributed by atoms with Crippen LogP contribution in [0.2, 0.25) is 0 Å². The molecule has 2 heterocycles. The predicted octanol–water partition coefficient (Wildman–Crippen LogP) is 0.512. The first-order valence-electron chi connectivity index (χ1n) is 10.6. The summed E-state index contributed by atoms with van der Waals surface area (Å²) in [5.41, 5.74) is -0.977. The van der Waals surface area contributed by atoms with Gasteiger partial charge in [-0.25, -0.2) is 4.79 Å². The Bertz CT molecular complexity index is 961. The molecule has 0 saturated carbocycles. The van der Waals surface area contributed by atoms with Crippen LogP contribution in [0.1, 0.15) is 44.0 Å². The van der Waals surface area contributed by atoms with E-state index < -0.39 is 30.1 Å². The quantitative estimate of drug-likeness (QED) is 0.613. The van der Waals surface area contributed by atoms with Crippen molar-refractivity contribution in [3.8, 4) is 0 Å². The van der Waals surface area contributed by atoms with Crippen molar-refractivity contribution < 1.29 is 28.7 Å². The van der Waals surface area contributed by atoms with Gasteiger partial charge in [-0.15, -0.1) is 0 Å². The summed E-state index contributed by atoms with van der Waals surface area (Å²) in [4.78, 5) is 67.2. The van der Waals surface area contributed by atoms with E-state index >= 15 is 0 Å². The highest BCUT2D eigenvalue weighted by atomic mass is 16.5. The Morgan fingerprint density at radius 3 is 2.56 bits per heavy atom. The predicted molar refractivity (Wildman–Crippen MR) is 114 cm³/mol. The monoisotopic (exact) mass is 444 g/mol. The maximum absolute atomic E-state index is 13.2. The third-order valence-corrected chi connectivity index (χ3v) is 5.71. The summed E-state index contributed by atoms with van der Waals surface area (Å²) in [6, 6.07) is 6.51. The summed E-state index contributed by atoms with van der Waals surface area (Å²) < 4.78 is 5.33. The molecule has 0 aliphatic carbocycles. The van der Waals surface area contributed by atoms with Crippen LogP contribution >= 0.6 is 0 Å². The molecule has 1 unspecified atom stereocenters. The van der Waals surface area contributed by atoms with E-state index in [2.05, 4.69) is 5.32 Å². The van der Waals surface area contributed by atoms with E-state index in [0.29, 0.717) is 11.3 Å². The van der Waals surface area contributed by atoms with Gasteiger partial charge in [0.05, 0.1) is 17.8 Å². The number of rotatable bonds is 7. The minimum Gasteiger partial charge on any atom is -0.452 e. The number of nitrogens with one attached hydrogen (secondary N) is 1. The lowest BCUT2D eigenvalue weighted by molar-refractivity contribution is -0.161. The number of carbonyl (C=O) groups is 5. The summed E-state index contributed by atoms with van der Waals surface area (Å²) in [5, 5.41) is 2.70. The lowest BCUT2D eigenvalue weighted by Gasteiger charge is -2.46. The van der Waals surface area contributed by atoms with Gasteiger partial charge in [0.1, 0.15) is 0 Å². The zero-order valence-electron chi connectivity index (χ0n) is 18.7. The van der Waals surface area contributed by atoms with Gasteiger partial charge in [-0.3, -0.25) is 24.1 Å². The highest BCUT2D eigenvalue weighted by Gasteiger charge is 2.60. The van der Waals surface area contributed by atoms with Crippen LogP contribution in [-0.2, 0) is 23.9 Å². The van der Waals surface area contributed by atoms with Crippen molar-refractivity contribution >= 4 is 35.3 Å². The molecular weight excluding hydrogens is 416 g/mol. The molecule has 10 nitrogen and oxygen atoms in total. The molecule has 1 atom stereocenters. The Kier molecular flexibility index (Phi) is 6.52. The molecule has 3 rings (SSSR count). The first-order valence-corrected chi connectivity index (χ1v) is 10.6. The minimum absolute atomic E-state index is 0.0592. The number of likely N-dealkylation sites (N-methyl/N-ethyl adjacent to an activating group) is 2. The van der Waals surface area contributed by atoms with Crippen molar-refractivity contribution in [2.75, 3.05) is 31.6 Å². The van der Waals surface area contributed by atoms with Gasteiger partial charge in [-0.1, -0.05) is 12.1 Å². The van der Waals surface area contributed by atoms with Gasteiger partial charge in [0.2, 0.25) is 17.5 Å². The van der Waals surface area contributed by atoms with Crippen LogP contribution < -0.4 is 10.2 Å². The Morgan fingerprint density at radius 2 is 1.91 bits per heavy atom. The molecule has 1 fully saturated rings. The Hall–Kier alpha value is -3.43. The van der Waals surface area contributed by atoms with E-state index in [-0.39, 0.29) is 43.8 Å². The number of ether oxygens (including phenoxy) is 1. The Labute approximate surface area is 186 Å². The van der Waals surface area contributed by atoms with Gasteiger partial charge in [-0.2, -0.15) is 0 Å². The smallest absolute Gasteiger partial charge is 0.354 e. The zero-order valence-corrected chi connectivity index (χ0v) is 18.7. The molecule has 1 N–H and O–H groups in total. The number of benzene rings is 1. The SMILES string of the molecule is CCN(CC(=O)NC(C)C)C(=O)COC(=O)C12CCC(=O)N1c1ccccc1C(=O)N2C. The van der Waals surface area contributed by atoms with Gasteiger partial charge in [-0.05, 0) is 32.9 Å². The molecular formula is C22H28N4O6. The largest absolute Gasteiger partial charge is 0.452 e. The van der Waals surface area contributed by atoms with E-state index in [1.165, 1.54) is 21.7 Å². The van der Waals surface area contributed by atoms with Crippen LogP contribution in [0.5, 0.6) is 0 Å². The number of fused-ring (bicyclic) bond motifs is 3. The van der Waals surface area contributed by atoms with E-state index in [0.717, 1.165) is 0 Å². The number of nitrogens with zero attached hydrogens (tertiary/aromatic N) is 3. The number of anilines is 1. The highest BCUT2D eigenvalue weighted by Crippen LogP contribution is 2.44. The molecule has 0 bridgehead atoms. The maximum atomic E-state index is 13.2. The van der Waals surface area contributed by atoms with Crippen LogP contribution in [0.15, 0.2) is 24.3 Å². The fourth-order valence-corrected chi connectivity index (χ4v) is 4.14. The molecule has 32 heavy (non-hydrogen) atoms. The topological polar surface area (TPSA) is 116 Å². The minimum atomic E-state index is -1.64. The van der Waals surface area contributed by atoms with Gasteiger partial charge >= 0.3 is 5.97 Å². The summed E-state index contributed by atoms with van der Waals surface area (Å²) in [6.07, 6.45) is 0.120. The van der Waals surface area contributed by atoms with Crippen molar-refractivity contribution in [3.63, 3.8) is 0 Å². The second-order valence-electron chi connectivity index (χ2n) is 8.13. The van der Waals surface area contributed by atoms with Gasteiger partial charge in [0.15, 0.2) is 6.61 Å². The summed E-state index contributed by atoms with van der Waals surface area (Å²) in [5.74, 6) is -2.43. The van der Waals surface area contributed by atoms with Crippen LogP contribution in [0.3, 0.4) is 0 Å². The van der Waals surface area contributed by atoms with Crippen molar-refractivity contribution in [3.05, 3.63) is 29.8 Å². The number of carbonyl (C=O) groups excluding carboxylic acids is 5. The fraction of sp³-hybridized carbons (Fsp3) is 0.500. The number of esters is 1. The van der Waals surface area contributed by atoms with Crippen molar-refractivity contribution in [1.82, 2.24) is 15.1 Å². The van der Waals surface area contributed by atoms with E-state index in [1.807, 2.05) is 13.8 Å². The molecule has 0 radical (unpaired) electrons. The van der Waals surface area contributed by atoms with Crippen molar-refractivity contribution in [2.45, 2.75) is 45.3 Å². The van der Waals surface area contributed by atoms with Crippen LogP contribution in [0.25, 0.3) is 0 Å². The average Bonchev–Trinajstić information content (AvgIpc) is 3.11. The number of hydrogen-bond donors (Lipinski definition) is 1. The lowest BCUT2D eigenvalue weighted by atomic mass is 9.97. The highest BCUT2D eigenvalue weighted by molar-refractivity contribution is 6.15. The zero-order chi connectivity index (χ0) is 23.6. The molecule has 4 amide bonds. The molecule has 0 aromatic heterocycles. The first kappa shape index (κ1) is 23.2. The van der Waals surface area contributed by atoms with Crippen molar-refractivity contribution in [1.29, 1.82) is 0 Å². The fourth-order valence-electron chi connectivity index (χ4n) is 4.14. The third kappa shape index (κ3) is 3.92. The second kappa shape index (κ2) is 8.97. The van der Waals surface area contributed by atoms with E-state index in [1.54, 1.807) is 31.2 Å². The standard InChI is InChI=1S/C22H28N4O6/c1-5-25(12-17(27)23-14(2)3)19(29)13-32-21(31)22-11-10-18(28)26(22)16-9-7-6-8-15(16)20(30)24(22)4/h6-9,14H,5,10-13H2,1-4H3,(H,23,27). The third-order valence-electron chi connectivity index (χ3n) is 5.71. The van der Waals surface area contributed by atoms with Gasteiger partial charge in [0.25, 0.3) is 11.8 Å². The molecule has 172 valence electrons. The second-order valence-corrected chi connectivity index (χ2v) is 8.13. The van der Waals surface area contributed by atoms with Crippen LogP contribution in [0, 0.1) is 0 Å².